The molecule has 102 valence electrons. The molecule has 0 fully saturated rings. The van der Waals surface area contributed by atoms with E-state index in [1.54, 1.807) is 0 Å². The standard InChI is InChI=1S/C15H20FN3/c1-4-19-14(7-11(3)18-19)9-15(17)12-5-10(2)6-13(16)8-12/h5-8,15H,4,9,17H2,1-3H3. The maximum absolute atomic E-state index is 13.4. The Balaban J connectivity index is 2.22. The normalized spacial score (nSPS) is 12.7. The van der Waals surface area contributed by atoms with E-state index >= 15 is 0 Å². The summed E-state index contributed by atoms with van der Waals surface area (Å²) < 4.78 is 15.3. The van der Waals surface area contributed by atoms with Crippen molar-refractivity contribution < 1.29 is 4.39 Å². The lowest BCUT2D eigenvalue weighted by Gasteiger charge is -2.14. The zero-order valence-corrected chi connectivity index (χ0v) is 11.7. The van der Waals surface area contributed by atoms with E-state index in [0.717, 1.165) is 29.1 Å². The summed E-state index contributed by atoms with van der Waals surface area (Å²) in [6.07, 6.45) is 0.664. The summed E-state index contributed by atoms with van der Waals surface area (Å²) >= 11 is 0. The Hall–Kier alpha value is -1.68. The molecule has 1 atom stereocenters. The van der Waals surface area contributed by atoms with Crippen molar-refractivity contribution >= 4 is 0 Å². The van der Waals surface area contributed by atoms with Crippen LogP contribution in [0.4, 0.5) is 4.39 Å². The quantitative estimate of drug-likeness (QED) is 0.919. The third kappa shape index (κ3) is 3.20. The summed E-state index contributed by atoms with van der Waals surface area (Å²) in [5.74, 6) is -0.231. The molecule has 2 rings (SSSR count). The van der Waals surface area contributed by atoms with E-state index in [-0.39, 0.29) is 11.9 Å². The van der Waals surface area contributed by atoms with E-state index in [1.807, 2.05) is 37.6 Å². The fourth-order valence-electron chi connectivity index (χ4n) is 2.36. The maximum Gasteiger partial charge on any atom is 0.123 e. The molecule has 0 radical (unpaired) electrons. The van der Waals surface area contributed by atoms with Gasteiger partial charge in [-0.1, -0.05) is 6.07 Å². The number of rotatable bonds is 4. The van der Waals surface area contributed by atoms with Crippen LogP contribution in [-0.4, -0.2) is 9.78 Å². The monoisotopic (exact) mass is 261 g/mol. The van der Waals surface area contributed by atoms with Crippen LogP contribution in [0, 0.1) is 19.7 Å². The molecule has 0 amide bonds. The van der Waals surface area contributed by atoms with E-state index in [1.165, 1.54) is 12.1 Å². The minimum absolute atomic E-state index is 0.212. The number of benzene rings is 1. The predicted octanol–water partition coefficient (Wildman–Crippen LogP) is 2.90. The number of aromatic nitrogens is 2. The summed E-state index contributed by atoms with van der Waals surface area (Å²) in [6, 6.07) is 6.78. The number of nitrogens with zero attached hydrogens (tertiary/aromatic N) is 2. The second-order valence-corrected chi connectivity index (χ2v) is 4.97. The van der Waals surface area contributed by atoms with Gasteiger partial charge in [0.2, 0.25) is 0 Å². The molecule has 1 unspecified atom stereocenters. The highest BCUT2D eigenvalue weighted by atomic mass is 19.1. The second kappa shape index (κ2) is 5.53. The highest BCUT2D eigenvalue weighted by Gasteiger charge is 2.12. The van der Waals surface area contributed by atoms with Crippen LogP contribution >= 0.6 is 0 Å². The number of hydrogen-bond acceptors (Lipinski definition) is 2. The molecule has 3 nitrogen and oxygen atoms in total. The minimum atomic E-state index is -0.231. The fraction of sp³-hybridized carbons (Fsp3) is 0.400. The first kappa shape index (κ1) is 13.7. The summed E-state index contributed by atoms with van der Waals surface area (Å²) in [4.78, 5) is 0. The molecule has 0 bridgehead atoms. The van der Waals surface area contributed by atoms with Gasteiger partial charge in [-0.2, -0.15) is 5.10 Å². The van der Waals surface area contributed by atoms with E-state index in [2.05, 4.69) is 5.10 Å². The molecule has 2 N–H and O–H groups in total. The highest BCUT2D eigenvalue weighted by Crippen LogP contribution is 2.19. The van der Waals surface area contributed by atoms with Gasteiger partial charge in [0.15, 0.2) is 0 Å². The molecule has 0 saturated heterocycles. The molecular weight excluding hydrogens is 241 g/mol. The zero-order chi connectivity index (χ0) is 14.0. The van der Waals surface area contributed by atoms with Crippen LogP contribution in [0.25, 0.3) is 0 Å². The Kier molecular flexibility index (Phi) is 4.00. The predicted molar refractivity (Wildman–Crippen MR) is 74.4 cm³/mol. The third-order valence-electron chi connectivity index (χ3n) is 3.21. The highest BCUT2D eigenvalue weighted by molar-refractivity contribution is 5.27. The van der Waals surface area contributed by atoms with Gasteiger partial charge in [0.05, 0.1) is 5.69 Å². The van der Waals surface area contributed by atoms with Gasteiger partial charge >= 0.3 is 0 Å². The molecule has 4 heteroatoms. The van der Waals surface area contributed by atoms with Gasteiger partial charge in [0.1, 0.15) is 5.82 Å². The number of halogens is 1. The molecule has 1 heterocycles. The number of hydrogen-bond donors (Lipinski definition) is 1. The average molecular weight is 261 g/mol. The van der Waals surface area contributed by atoms with Crippen LogP contribution in [0.1, 0.15) is 35.5 Å². The molecule has 0 spiro atoms. The lowest BCUT2D eigenvalue weighted by Crippen LogP contribution is -2.16. The molecule has 0 saturated carbocycles. The fourth-order valence-corrected chi connectivity index (χ4v) is 2.36. The molecule has 1 aromatic heterocycles. The Morgan fingerprint density at radius 2 is 2.00 bits per heavy atom. The van der Waals surface area contributed by atoms with Crippen molar-refractivity contribution in [3.8, 4) is 0 Å². The van der Waals surface area contributed by atoms with Gasteiger partial charge in [0.25, 0.3) is 0 Å². The van der Waals surface area contributed by atoms with Crippen molar-refractivity contribution in [2.75, 3.05) is 0 Å². The Labute approximate surface area is 113 Å². The summed E-state index contributed by atoms with van der Waals surface area (Å²) in [5, 5.41) is 4.40. The van der Waals surface area contributed by atoms with Crippen LogP contribution in [0.5, 0.6) is 0 Å². The Bertz CT molecular complexity index is 555. The Morgan fingerprint density at radius 1 is 1.26 bits per heavy atom. The van der Waals surface area contributed by atoms with Gasteiger partial charge in [0, 0.05) is 24.7 Å². The van der Waals surface area contributed by atoms with Crippen LogP contribution in [0.2, 0.25) is 0 Å². The van der Waals surface area contributed by atoms with E-state index < -0.39 is 0 Å². The van der Waals surface area contributed by atoms with Crippen LogP contribution < -0.4 is 5.73 Å². The van der Waals surface area contributed by atoms with Gasteiger partial charge in [-0.15, -0.1) is 0 Å². The minimum Gasteiger partial charge on any atom is -0.324 e. The molecule has 0 aliphatic heterocycles. The van der Waals surface area contributed by atoms with E-state index in [9.17, 15) is 4.39 Å². The van der Waals surface area contributed by atoms with Gasteiger partial charge < -0.3 is 5.73 Å². The molecule has 19 heavy (non-hydrogen) atoms. The molecule has 0 aliphatic rings. The third-order valence-corrected chi connectivity index (χ3v) is 3.21. The number of aryl methyl sites for hydroxylation is 3. The number of nitrogens with two attached hydrogens (primary N) is 1. The first-order chi connectivity index (χ1) is 8.99. The Morgan fingerprint density at radius 3 is 2.63 bits per heavy atom. The first-order valence-corrected chi connectivity index (χ1v) is 6.55. The lowest BCUT2D eigenvalue weighted by molar-refractivity contribution is 0.581. The average Bonchev–Trinajstić information content (AvgIpc) is 2.68. The van der Waals surface area contributed by atoms with Crippen LogP contribution in [0.3, 0.4) is 0 Å². The van der Waals surface area contributed by atoms with Crippen molar-refractivity contribution in [1.29, 1.82) is 0 Å². The summed E-state index contributed by atoms with van der Waals surface area (Å²) in [6.45, 7) is 6.71. The van der Waals surface area contributed by atoms with Crippen molar-refractivity contribution in [3.05, 3.63) is 52.6 Å². The zero-order valence-electron chi connectivity index (χ0n) is 11.7. The smallest absolute Gasteiger partial charge is 0.123 e. The van der Waals surface area contributed by atoms with Crippen LogP contribution in [0.15, 0.2) is 24.3 Å². The molecule has 0 aliphatic carbocycles. The summed E-state index contributed by atoms with van der Waals surface area (Å²) in [5.41, 5.74) is 9.99. The van der Waals surface area contributed by atoms with Crippen molar-refractivity contribution in [2.45, 2.75) is 39.8 Å². The SMILES string of the molecule is CCn1nc(C)cc1CC(N)c1cc(C)cc(F)c1. The van der Waals surface area contributed by atoms with E-state index in [4.69, 9.17) is 5.73 Å². The van der Waals surface area contributed by atoms with E-state index in [0.29, 0.717) is 6.42 Å². The van der Waals surface area contributed by atoms with Crippen molar-refractivity contribution in [2.24, 2.45) is 5.73 Å². The van der Waals surface area contributed by atoms with Gasteiger partial charge in [-0.3, -0.25) is 4.68 Å². The van der Waals surface area contributed by atoms with Crippen molar-refractivity contribution in [3.63, 3.8) is 0 Å². The molecule has 1 aromatic carbocycles. The molecular formula is C15H20FN3. The first-order valence-electron chi connectivity index (χ1n) is 6.55. The topological polar surface area (TPSA) is 43.8 Å². The largest absolute Gasteiger partial charge is 0.324 e. The lowest BCUT2D eigenvalue weighted by atomic mass is 10.0. The van der Waals surface area contributed by atoms with Crippen molar-refractivity contribution in [1.82, 2.24) is 9.78 Å². The molecule has 2 aromatic rings. The van der Waals surface area contributed by atoms with Gasteiger partial charge in [-0.05, 0) is 50.1 Å². The van der Waals surface area contributed by atoms with Crippen LogP contribution in [-0.2, 0) is 13.0 Å². The maximum atomic E-state index is 13.4. The summed E-state index contributed by atoms with van der Waals surface area (Å²) in [7, 11) is 0. The van der Waals surface area contributed by atoms with Gasteiger partial charge in [-0.25, -0.2) is 4.39 Å². The second-order valence-electron chi connectivity index (χ2n) is 4.97.